The number of halogens is 2. The van der Waals surface area contributed by atoms with Crippen molar-refractivity contribution in [3.05, 3.63) is 54.1 Å². The number of ether oxygens (including phenoxy) is 3. The predicted molar refractivity (Wildman–Crippen MR) is 92.5 cm³/mol. The summed E-state index contributed by atoms with van der Waals surface area (Å²) in [6.07, 6.45) is 2.64. The Hall–Kier alpha value is -3.09. The zero-order valence-electron chi connectivity index (χ0n) is 14.2. The molecule has 0 bridgehead atoms. The smallest absolute Gasteiger partial charge is 0.387 e. The van der Waals surface area contributed by atoms with Crippen LogP contribution in [0, 0.1) is 0 Å². The Bertz CT molecular complexity index is 849. The second-order valence-electron chi connectivity index (χ2n) is 6.00. The Kier molecular flexibility index (Phi) is 4.79. The number of hydrogen-bond donors (Lipinski definition) is 1. The first kappa shape index (κ1) is 17.7. The summed E-state index contributed by atoms with van der Waals surface area (Å²) in [5, 5.41) is 2.68. The molecule has 0 saturated heterocycles. The third-order valence-electron chi connectivity index (χ3n) is 3.47. The van der Waals surface area contributed by atoms with E-state index < -0.39 is 18.3 Å². The topological polar surface area (TPSA) is 56.8 Å². The van der Waals surface area contributed by atoms with Crippen molar-refractivity contribution in [2.24, 2.45) is 0 Å². The highest BCUT2D eigenvalue weighted by Crippen LogP contribution is 2.40. The molecule has 0 aromatic heterocycles. The first-order chi connectivity index (χ1) is 12.3. The fraction of sp³-hybridized carbons (Fsp3) is 0.211. The Morgan fingerprint density at radius 3 is 2.65 bits per heavy atom. The summed E-state index contributed by atoms with van der Waals surface area (Å²) in [5.74, 6) is -0.0415. The van der Waals surface area contributed by atoms with E-state index in [9.17, 15) is 13.6 Å². The lowest BCUT2D eigenvalue weighted by Gasteiger charge is -2.16. The van der Waals surface area contributed by atoms with Crippen LogP contribution in [0.15, 0.2) is 48.5 Å². The summed E-state index contributed by atoms with van der Waals surface area (Å²) < 4.78 is 40.4. The van der Waals surface area contributed by atoms with Gasteiger partial charge in [0.15, 0.2) is 11.5 Å². The van der Waals surface area contributed by atoms with Crippen LogP contribution in [0.5, 0.6) is 17.2 Å². The van der Waals surface area contributed by atoms with Gasteiger partial charge in [-0.25, -0.2) is 0 Å². The highest BCUT2D eigenvalue weighted by molar-refractivity contribution is 6.02. The maximum Gasteiger partial charge on any atom is 0.387 e. The van der Waals surface area contributed by atoms with Crippen molar-refractivity contribution in [3.63, 3.8) is 0 Å². The van der Waals surface area contributed by atoms with Crippen LogP contribution < -0.4 is 19.5 Å². The van der Waals surface area contributed by atoms with Gasteiger partial charge in [-0.3, -0.25) is 4.79 Å². The molecule has 1 aliphatic rings. The number of para-hydroxylation sites is 1. The number of fused-ring (bicyclic) bond motifs is 1. The molecule has 1 N–H and O–H groups in total. The van der Waals surface area contributed by atoms with Crippen molar-refractivity contribution in [3.8, 4) is 17.2 Å². The third-order valence-corrected chi connectivity index (χ3v) is 3.47. The number of carbonyl (C=O) groups is 1. The van der Waals surface area contributed by atoms with E-state index in [4.69, 9.17) is 9.47 Å². The molecule has 0 atom stereocenters. The van der Waals surface area contributed by atoms with Gasteiger partial charge in [0.2, 0.25) is 11.7 Å². The van der Waals surface area contributed by atoms with Gasteiger partial charge in [0, 0.05) is 37.2 Å². The van der Waals surface area contributed by atoms with Crippen molar-refractivity contribution in [2.45, 2.75) is 26.2 Å². The largest absolute Gasteiger partial charge is 0.449 e. The summed E-state index contributed by atoms with van der Waals surface area (Å²) >= 11 is 0. The standard InChI is InChI=1S/C19H17F2NO4/c1-19(2)25-15-9-8-13(11-16(15)26-19)22-17(23)10-7-12-5-3-4-6-14(12)24-18(20)21/h3-11,18H,1-2H3,(H,22,23). The maximum absolute atomic E-state index is 12.4. The number of rotatable bonds is 5. The van der Waals surface area contributed by atoms with Crippen molar-refractivity contribution in [1.29, 1.82) is 0 Å². The lowest BCUT2D eigenvalue weighted by atomic mass is 10.2. The van der Waals surface area contributed by atoms with E-state index in [1.807, 2.05) is 0 Å². The van der Waals surface area contributed by atoms with Gasteiger partial charge in [-0.05, 0) is 24.3 Å². The number of nitrogens with one attached hydrogen (secondary N) is 1. The molecule has 0 radical (unpaired) electrons. The lowest BCUT2D eigenvalue weighted by molar-refractivity contribution is -0.111. The Morgan fingerprint density at radius 1 is 1.15 bits per heavy atom. The SMILES string of the molecule is CC1(C)Oc2ccc(NC(=O)C=Cc3ccccc3OC(F)F)cc2O1. The summed E-state index contributed by atoms with van der Waals surface area (Å²) in [5.41, 5.74) is 0.896. The first-order valence-electron chi connectivity index (χ1n) is 7.87. The van der Waals surface area contributed by atoms with E-state index in [-0.39, 0.29) is 5.75 Å². The number of anilines is 1. The molecule has 2 aromatic rings. The van der Waals surface area contributed by atoms with Gasteiger partial charge >= 0.3 is 6.61 Å². The van der Waals surface area contributed by atoms with Gasteiger partial charge in [0.1, 0.15) is 5.75 Å². The quantitative estimate of drug-likeness (QED) is 0.800. The van der Waals surface area contributed by atoms with Gasteiger partial charge in [0.25, 0.3) is 0 Å². The first-order valence-corrected chi connectivity index (χ1v) is 7.87. The summed E-state index contributed by atoms with van der Waals surface area (Å²) in [6.45, 7) is 0.635. The van der Waals surface area contributed by atoms with Crippen LogP contribution in [0.3, 0.4) is 0 Å². The van der Waals surface area contributed by atoms with Crippen LogP contribution in [0.1, 0.15) is 19.4 Å². The summed E-state index contributed by atoms with van der Waals surface area (Å²) in [6, 6.07) is 11.3. The van der Waals surface area contributed by atoms with Crippen LogP contribution in [0.25, 0.3) is 6.08 Å². The minimum atomic E-state index is -2.93. The van der Waals surface area contributed by atoms with Crippen molar-refractivity contribution >= 4 is 17.7 Å². The molecule has 5 nitrogen and oxygen atoms in total. The van der Waals surface area contributed by atoms with Crippen molar-refractivity contribution in [1.82, 2.24) is 0 Å². The van der Waals surface area contributed by atoms with Crippen molar-refractivity contribution < 1.29 is 27.8 Å². The molecule has 7 heteroatoms. The fourth-order valence-corrected chi connectivity index (χ4v) is 2.47. The molecule has 1 amide bonds. The molecule has 1 aliphatic heterocycles. The van der Waals surface area contributed by atoms with E-state index in [1.165, 1.54) is 18.2 Å². The van der Waals surface area contributed by atoms with Gasteiger partial charge in [0.05, 0.1) is 0 Å². The molecule has 0 unspecified atom stereocenters. The molecule has 0 saturated carbocycles. The lowest BCUT2D eigenvalue weighted by Crippen LogP contribution is -2.29. The number of amides is 1. The second kappa shape index (κ2) is 7.03. The Morgan fingerprint density at radius 2 is 1.88 bits per heavy atom. The molecule has 0 fully saturated rings. The van der Waals surface area contributed by atoms with Gasteiger partial charge in [-0.1, -0.05) is 18.2 Å². The van der Waals surface area contributed by atoms with Crippen LogP contribution >= 0.6 is 0 Å². The number of carbonyl (C=O) groups excluding carboxylic acids is 1. The van der Waals surface area contributed by atoms with E-state index in [0.29, 0.717) is 22.7 Å². The maximum atomic E-state index is 12.4. The predicted octanol–water partition coefficient (Wildman–Crippen LogP) is 4.45. The molecule has 0 spiro atoms. The molecule has 3 rings (SSSR count). The van der Waals surface area contributed by atoms with Gasteiger partial charge in [-0.15, -0.1) is 0 Å². The molecule has 26 heavy (non-hydrogen) atoms. The average molecular weight is 361 g/mol. The minimum absolute atomic E-state index is 0.00291. The number of benzene rings is 2. The Balaban J connectivity index is 1.68. The zero-order chi connectivity index (χ0) is 18.7. The van der Waals surface area contributed by atoms with E-state index >= 15 is 0 Å². The number of alkyl halides is 2. The van der Waals surface area contributed by atoms with E-state index in [2.05, 4.69) is 10.1 Å². The highest BCUT2D eigenvalue weighted by atomic mass is 19.3. The molecule has 0 aliphatic carbocycles. The summed E-state index contributed by atoms with van der Waals surface area (Å²) in [7, 11) is 0. The van der Waals surface area contributed by atoms with E-state index in [0.717, 1.165) is 0 Å². The third kappa shape index (κ3) is 4.30. The van der Waals surface area contributed by atoms with Gasteiger partial charge < -0.3 is 19.5 Å². The molecule has 2 aromatic carbocycles. The highest BCUT2D eigenvalue weighted by Gasteiger charge is 2.31. The second-order valence-corrected chi connectivity index (χ2v) is 6.00. The van der Waals surface area contributed by atoms with Crippen LogP contribution in [-0.2, 0) is 4.79 Å². The Labute approximate surface area is 149 Å². The number of hydrogen-bond acceptors (Lipinski definition) is 4. The minimum Gasteiger partial charge on any atom is -0.449 e. The van der Waals surface area contributed by atoms with Gasteiger partial charge in [-0.2, -0.15) is 8.78 Å². The van der Waals surface area contributed by atoms with Crippen molar-refractivity contribution in [2.75, 3.05) is 5.32 Å². The normalized spacial score (nSPS) is 14.7. The van der Waals surface area contributed by atoms with Crippen LogP contribution in [-0.4, -0.2) is 18.3 Å². The molecule has 136 valence electrons. The van der Waals surface area contributed by atoms with Crippen LogP contribution in [0.4, 0.5) is 14.5 Å². The summed E-state index contributed by atoms with van der Waals surface area (Å²) in [4.78, 5) is 12.1. The van der Waals surface area contributed by atoms with Crippen LogP contribution in [0.2, 0.25) is 0 Å². The average Bonchev–Trinajstić information content (AvgIpc) is 2.86. The molecule has 1 heterocycles. The monoisotopic (exact) mass is 361 g/mol. The molecular weight excluding hydrogens is 344 g/mol. The zero-order valence-corrected chi connectivity index (χ0v) is 14.2. The van der Waals surface area contributed by atoms with E-state index in [1.54, 1.807) is 50.2 Å². The molecular formula is C19H17F2NO4. The fourth-order valence-electron chi connectivity index (χ4n) is 2.47.